The van der Waals surface area contributed by atoms with E-state index in [1.54, 1.807) is 12.1 Å². The number of nitrogens with zero attached hydrogens (tertiary/aromatic N) is 1. The first-order valence-corrected chi connectivity index (χ1v) is 7.11. The van der Waals surface area contributed by atoms with Crippen LogP contribution in [0.4, 0.5) is 11.4 Å². The van der Waals surface area contributed by atoms with Crippen LogP contribution in [0.1, 0.15) is 44.6 Å². The fourth-order valence-corrected chi connectivity index (χ4v) is 2.94. The summed E-state index contributed by atoms with van der Waals surface area (Å²) in [4.78, 5) is 10.4. The quantitative estimate of drug-likeness (QED) is 0.650. The molecule has 0 saturated heterocycles. The summed E-state index contributed by atoms with van der Waals surface area (Å²) in [5.41, 5.74) is 2.15. The van der Waals surface area contributed by atoms with Gasteiger partial charge in [0.1, 0.15) is 0 Å². The van der Waals surface area contributed by atoms with E-state index in [1.165, 1.54) is 32.1 Å². The predicted molar refractivity (Wildman–Crippen MR) is 77.5 cm³/mol. The van der Waals surface area contributed by atoms with Crippen molar-refractivity contribution < 1.29 is 4.92 Å². The van der Waals surface area contributed by atoms with Gasteiger partial charge in [0.05, 0.1) is 4.92 Å². The van der Waals surface area contributed by atoms with Crippen molar-refractivity contribution in [1.29, 1.82) is 0 Å². The van der Waals surface area contributed by atoms with E-state index in [2.05, 4.69) is 12.2 Å². The minimum Gasteiger partial charge on any atom is -0.382 e. The smallest absolute Gasteiger partial charge is 0.269 e. The van der Waals surface area contributed by atoms with Gasteiger partial charge in [0.25, 0.3) is 5.69 Å². The highest BCUT2D eigenvalue weighted by molar-refractivity contribution is 5.55. The Hall–Kier alpha value is -1.58. The maximum atomic E-state index is 10.7. The molecule has 1 fully saturated rings. The first-order chi connectivity index (χ1) is 9.10. The molecule has 0 radical (unpaired) electrons. The zero-order chi connectivity index (χ0) is 13.8. The van der Waals surface area contributed by atoms with Gasteiger partial charge in [-0.3, -0.25) is 10.1 Å². The van der Waals surface area contributed by atoms with Crippen molar-refractivity contribution in [2.75, 3.05) is 5.32 Å². The normalized spacial score (nSPS) is 23.1. The van der Waals surface area contributed by atoms with Crippen molar-refractivity contribution in [3.05, 3.63) is 33.9 Å². The molecule has 1 saturated carbocycles. The highest BCUT2D eigenvalue weighted by Gasteiger charge is 2.21. The van der Waals surface area contributed by atoms with E-state index in [0.717, 1.165) is 17.2 Å². The summed E-state index contributed by atoms with van der Waals surface area (Å²) >= 11 is 0. The van der Waals surface area contributed by atoms with Crippen molar-refractivity contribution in [3.8, 4) is 0 Å². The first kappa shape index (κ1) is 13.8. The standard InChI is InChI=1S/C15H22N2O2/c1-3-12-5-4-6-13(10-12)16-15-8-7-14(17(18)19)9-11(15)2/h7-9,12-13,16H,3-6,10H2,1-2H3. The zero-order valence-corrected chi connectivity index (χ0v) is 11.7. The molecule has 1 aliphatic rings. The van der Waals surface area contributed by atoms with Crippen LogP contribution in [0.2, 0.25) is 0 Å². The summed E-state index contributed by atoms with van der Waals surface area (Å²) in [6, 6.07) is 5.57. The van der Waals surface area contributed by atoms with Crippen molar-refractivity contribution >= 4 is 11.4 Å². The SMILES string of the molecule is CCC1CCCC(Nc2ccc([N+](=O)[O-])cc2C)C1. The highest BCUT2D eigenvalue weighted by Crippen LogP contribution is 2.30. The van der Waals surface area contributed by atoms with Crippen LogP contribution in [-0.4, -0.2) is 11.0 Å². The van der Waals surface area contributed by atoms with Crippen LogP contribution in [-0.2, 0) is 0 Å². The Balaban J connectivity index is 2.04. The summed E-state index contributed by atoms with van der Waals surface area (Å²) in [6.07, 6.45) is 6.29. The lowest BCUT2D eigenvalue weighted by Gasteiger charge is -2.30. The molecule has 1 aromatic carbocycles. The number of nitro benzene ring substituents is 1. The van der Waals surface area contributed by atoms with Crippen molar-refractivity contribution in [3.63, 3.8) is 0 Å². The molecule has 1 aromatic rings. The van der Waals surface area contributed by atoms with E-state index in [0.29, 0.717) is 6.04 Å². The Labute approximate surface area is 114 Å². The van der Waals surface area contributed by atoms with Gasteiger partial charge in [0.15, 0.2) is 0 Å². The van der Waals surface area contributed by atoms with Crippen LogP contribution >= 0.6 is 0 Å². The van der Waals surface area contributed by atoms with Crippen LogP contribution in [0.5, 0.6) is 0 Å². The molecule has 2 atom stereocenters. The largest absolute Gasteiger partial charge is 0.382 e. The van der Waals surface area contributed by atoms with Crippen molar-refractivity contribution in [2.24, 2.45) is 5.92 Å². The molecule has 19 heavy (non-hydrogen) atoms. The molecule has 0 aliphatic heterocycles. The fourth-order valence-electron chi connectivity index (χ4n) is 2.94. The molecular weight excluding hydrogens is 240 g/mol. The maximum absolute atomic E-state index is 10.7. The maximum Gasteiger partial charge on any atom is 0.269 e. The van der Waals surface area contributed by atoms with Gasteiger partial charge in [-0.05, 0) is 37.3 Å². The number of aryl methyl sites for hydroxylation is 1. The minimum atomic E-state index is -0.343. The van der Waals surface area contributed by atoms with Crippen molar-refractivity contribution in [2.45, 2.75) is 52.0 Å². The number of hydrogen-bond donors (Lipinski definition) is 1. The average Bonchev–Trinajstić information content (AvgIpc) is 2.41. The van der Waals surface area contributed by atoms with Crippen molar-refractivity contribution in [1.82, 2.24) is 0 Å². The Morgan fingerprint density at radius 1 is 1.42 bits per heavy atom. The number of nitro groups is 1. The molecule has 1 N–H and O–H groups in total. The number of non-ortho nitro benzene ring substituents is 1. The Morgan fingerprint density at radius 2 is 2.21 bits per heavy atom. The zero-order valence-electron chi connectivity index (χ0n) is 11.7. The third-order valence-corrected chi connectivity index (χ3v) is 4.14. The molecule has 0 heterocycles. The van der Waals surface area contributed by atoms with Crippen LogP contribution in [0.3, 0.4) is 0 Å². The second-order valence-corrected chi connectivity index (χ2v) is 5.54. The molecule has 4 nitrogen and oxygen atoms in total. The minimum absolute atomic E-state index is 0.165. The van der Waals surface area contributed by atoms with Crippen LogP contribution in [0.25, 0.3) is 0 Å². The van der Waals surface area contributed by atoms with Crippen LogP contribution in [0.15, 0.2) is 18.2 Å². The topological polar surface area (TPSA) is 55.2 Å². The van der Waals surface area contributed by atoms with E-state index in [9.17, 15) is 10.1 Å². The van der Waals surface area contributed by atoms with Gasteiger partial charge in [-0.25, -0.2) is 0 Å². The van der Waals surface area contributed by atoms with E-state index >= 15 is 0 Å². The first-order valence-electron chi connectivity index (χ1n) is 7.11. The van der Waals surface area contributed by atoms with Gasteiger partial charge < -0.3 is 5.32 Å². The van der Waals surface area contributed by atoms with Gasteiger partial charge >= 0.3 is 0 Å². The van der Waals surface area contributed by atoms with Gasteiger partial charge in [-0.2, -0.15) is 0 Å². The molecular formula is C15H22N2O2. The monoisotopic (exact) mass is 262 g/mol. The second-order valence-electron chi connectivity index (χ2n) is 5.54. The Morgan fingerprint density at radius 3 is 2.84 bits per heavy atom. The second kappa shape index (κ2) is 6.04. The van der Waals surface area contributed by atoms with E-state index in [4.69, 9.17) is 0 Å². The molecule has 0 spiro atoms. The van der Waals surface area contributed by atoms with Gasteiger partial charge in [-0.15, -0.1) is 0 Å². The van der Waals surface area contributed by atoms with E-state index in [1.807, 2.05) is 13.0 Å². The number of nitrogens with one attached hydrogen (secondary N) is 1. The molecule has 1 aliphatic carbocycles. The van der Waals surface area contributed by atoms with Gasteiger partial charge in [0.2, 0.25) is 0 Å². The third kappa shape index (κ3) is 3.46. The summed E-state index contributed by atoms with van der Waals surface area (Å²) < 4.78 is 0. The fraction of sp³-hybridized carbons (Fsp3) is 0.600. The summed E-state index contributed by atoms with van der Waals surface area (Å²) in [6.45, 7) is 4.18. The van der Waals surface area contributed by atoms with Crippen LogP contribution in [0, 0.1) is 23.0 Å². The van der Waals surface area contributed by atoms with Crippen LogP contribution < -0.4 is 5.32 Å². The predicted octanol–water partition coefficient (Wildman–Crippen LogP) is 4.28. The molecule has 0 bridgehead atoms. The van der Waals surface area contributed by atoms with E-state index in [-0.39, 0.29) is 10.6 Å². The molecule has 2 unspecified atom stereocenters. The highest BCUT2D eigenvalue weighted by atomic mass is 16.6. The number of anilines is 1. The van der Waals surface area contributed by atoms with Gasteiger partial charge in [-0.1, -0.05) is 26.2 Å². The summed E-state index contributed by atoms with van der Waals surface area (Å²) in [5, 5.41) is 14.3. The Kier molecular flexibility index (Phi) is 4.40. The summed E-state index contributed by atoms with van der Waals surface area (Å²) in [7, 11) is 0. The molecule has 2 rings (SSSR count). The number of hydrogen-bond acceptors (Lipinski definition) is 3. The van der Waals surface area contributed by atoms with Gasteiger partial charge in [0, 0.05) is 23.9 Å². The lowest BCUT2D eigenvalue weighted by molar-refractivity contribution is -0.384. The average molecular weight is 262 g/mol. The Bertz CT molecular complexity index is 459. The number of rotatable bonds is 4. The van der Waals surface area contributed by atoms with E-state index < -0.39 is 0 Å². The molecule has 0 amide bonds. The summed E-state index contributed by atoms with van der Waals surface area (Å²) in [5.74, 6) is 0.824. The number of benzene rings is 1. The third-order valence-electron chi connectivity index (χ3n) is 4.14. The molecule has 4 heteroatoms. The molecule has 0 aromatic heterocycles. The molecule has 104 valence electrons. The lowest BCUT2D eigenvalue weighted by Crippen LogP contribution is -2.27. The lowest BCUT2D eigenvalue weighted by atomic mass is 9.84.